The molecule has 35 heavy (non-hydrogen) atoms. The fourth-order valence-corrected chi connectivity index (χ4v) is 6.71. The summed E-state index contributed by atoms with van der Waals surface area (Å²) < 4.78 is 69.2. The van der Waals surface area contributed by atoms with Gasteiger partial charge in [0.15, 0.2) is 0 Å². The van der Waals surface area contributed by atoms with E-state index in [0.29, 0.717) is 14.4 Å². The number of benzene rings is 1. The van der Waals surface area contributed by atoms with Crippen molar-refractivity contribution in [1.29, 1.82) is 0 Å². The summed E-state index contributed by atoms with van der Waals surface area (Å²) >= 11 is 5.64. The monoisotopic (exact) mass is 613 g/mol. The summed E-state index contributed by atoms with van der Waals surface area (Å²) in [5, 5.41) is 7.12. The van der Waals surface area contributed by atoms with Crippen LogP contribution >= 0.6 is 39.0 Å². The Labute approximate surface area is 214 Å². The van der Waals surface area contributed by atoms with Crippen molar-refractivity contribution in [1.82, 2.24) is 4.98 Å². The molecule has 2 aromatic heterocycles. The number of para-hydroxylation sites is 1. The van der Waals surface area contributed by atoms with Gasteiger partial charge in [-0.15, -0.1) is 23.1 Å². The van der Waals surface area contributed by atoms with Crippen molar-refractivity contribution in [2.75, 3.05) is 13.4 Å². The number of rotatable bonds is 6. The number of esters is 1. The first-order valence-corrected chi connectivity index (χ1v) is 13.3. The Hall–Kier alpha value is -2.62. The zero-order valence-electron chi connectivity index (χ0n) is 17.7. The molecule has 0 aliphatic heterocycles. The number of hydrogen-bond acceptors (Lipinski definition) is 9. The number of nitrogens with zero attached hydrogens (tertiary/aromatic N) is 1. The average molecular weight is 614 g/mol. The van der Waals surface area contributed by atoms with Crippen molar-refractivity contribution in [3.63, 3.8) is 0 Å². The number of carboxylic acids is 1. The summed E-state index contributed by atoms with van der Waals surface area (Å²) in [6, 6.07) is 11.8. The van der Waals surface area contributed by atoms with Crippen LogP contribution in [0.3, 0.4) is 0 Å². The number of methoxy groups -OCH3 is 1. The summed E-state index contributed by atoms with van der Waals surface area (Å²) in [4.78, 5) is 25.1. The van der Waals surface area contributed by atoms with E-state index >= 15 is 0 Å². The fraction of sp³-hybridized carbons (Fsp3) is 0.150. The molecule has 188 valence electrons. The maximum Gasteiger partial charge on any atom is 0.490 e. The Balaban J connectivity index is 0.000000540. The molecule has 0 spiro atoms. The van der Waals surface area contributed by atoms with E-state index < -0.39 is 28.0 Å². The average Bonchev–Trinajstić information content (AvgIpc) is 3.26. The minimum atomic E-state index is -5.08. The minimum absolute atomic E-state index is 0.00991. The lowest BCUT2D eigenvalue weighted by molar-refractivity contribution is -0.192. The van der Waals surface area contributed by atoms with E-state index in [4.69, 9.17) is 14.6 Å². The molecule has 0 unspecified atom stereocenters. The number of carbonyl (C=O) groups excluding carboxylic acids is 1. The molecule has 0 aliphatic rings. The highest BCUT2D eigenvalue weighted by Crippen LogP contribution is 2.38. The SMILES string of the molecule is COC(=O)c1cc(S(=O)(=O)c2cnc(Oc3ccccc3)c(Br)c2)c(SC)s1.O=C(O)C(F)(F)F. The van der Waals surface area contributed by atoms with E-state index in [-0.39, 0.29) is 20.5 Å². The van der Waals surface area contributed by atoms with Gasteiger partial charge in [0.2, 0.25) is 15.7 Å². The van der Waals surface area contributed by atoms with Crippen LogP contribution in [0.2, 0.25) is 0 Å². The number of halogens is 4. The number of thiophene rings is 1. The number of ether oxygens (including phenoxy) is 2. The van der Waals surface area contributed by atoms with Crippen LogP contribution in [0.15, 0.2) is 67.1 Å². The van der Waals surface area contributed by atoms with Gasteiger partial charge >= 0.3 is 18.1 Å². The van der Waals surface area contributed by atoms with Gasteiger partial charge in [0.25, 0.3) is 0 Å². The van der Waals surface area contributed by atoms with Crippen molar-refractivity contribution in [3.05, 3.63) is 58.0 Å². The van der Waals surface area contributed by atoms with Crippen LogP contribution in [0.25, 0.3) is 0 Å². The van der Waals surface area contributed by atoms with E-state index in [1.165, 1.54) is 37.2 Å². The number of thioether (sulfide) groups is 1. The highest BCUT2D eigenvalue weighted by atomic mass is 79.9. The molecule has 0 aliphatic carbocycles. The van der Waals surface area contributed by atoms with E-state index in [1.54, 1.807) is 18.4 Å². The van der Waals surface area contributed by atoms with Crippen LogP contribution in [-0.2, 0) is 19.4 Å². The number of carboxylic acid groups (broad SMARTS) is 1. The second-order valence-electron chi connectivity index (χ2n) is 6.14. The normalized spacial score (nSPS) is 11.3. The molecule has 2 heterocycles. The first kappa shape index (κ1) is 28.6. The zero-order chi connectivity index (χ0) is 26.4. The molecule has 3 rings (SSSR count). The van der Waals surface area contributed by atoms with Crippen LogP contribution in [0.1, 0.15) is 9.67 Å². The number of aromatic nitrogens is 1. The molecule has 0 saturated carbocycles. The molecule has 0 atom stereocenters. The Kier molecular flexibility index (Phi) is 9.71. The van der Waals surface area contributed by atoms with E-state index in [1.807, 2.05) is 18.2 Å². The van der Waals surface area contributed by atoms with Crippen LogP contribution in [-0.4, -0.2) is 50.0 Å². The number of aliphatic carboxylic acids is 1. The summed E-state index contributed by atoms with van der Waals surface area (Å²) in [6.07, 6.45) is -2.10. The molecule has 0 amide bonds. The molecule has 15 heteroatoms. The van der Waals surface area contributed by atoms with Gasteiger partial charge in [0.1, 0.15) is 10.6 Å². The Bertz CT molecular complexity index is 1310. The van der Waals surface area contributed by atoms with Gasteiger partial charge in [-0.25, -0.2) is 23.0 Å². The Morgan fingerprint density at radius 1 is 1.17 bits per heavy atom. The third-order valence-electron chi connectivity index (χ3n) is 3.82. The van der Waals surface area contributed by atoms with Crippen LogP contribution < -0.4 is 4.74 Å². The van der Waals surface area contributed by atoms with Gasteiger partial charge < -0.3 is 14.6 Å². The first-order valence-electron chi connectivity index (χ1n) is 9.01. The third-order valence-corrected chi connectivity index (χ3v) is 8.64. The quantitative estimate of drug-likeness (QED) is 0.277. The maximum absolute atomic E-state index is 13.1. The van der Waals surface area contributed by atoms with Crippen LogP contribution in [0, 0.1) is 0 Å². The van der Waals surface area contributed by atoms with Crippen molar-refractivity contribution in [3.8, 4) is 11.6 Å². The van der Waals surface area contributed by atoms with Crippen molar-refractivity contribution in [2.45, 2.75) is 20.2 Å². The van der Waals surface area contributed by atoms with E-state index in [2.05, 4.69) is 25.7 Å². The molecule has 8 nitrogen and oxygen atoms in total. The summed E-state index contributed by atoms with van der Waals surface area (Å²) in [5.74, 6) is -2.51. The number of carbonyl (C=O) groups is 2. The molecular formula is C20H15BrF3NO7S3. The Morgan fingerprint density at radius 3 is 2.26 bits per heavy atom. The lowest BCUT2D eigenvalue weighted by Gasteiger charge is -2.09. The van der Waals surface area contributed by atoms with Gasteiger partial charge in [-0.3, -0.25) is 0 Å². The minimum Gasteiger partial charge on any atom is -0.475 e. The van der Waals surface area contributed by atoms with Crippen molar-refractivity contribution < 1.29 is 45.8 Å². The van der Waals surface area contributed by atoms with Crippen LogP contribution in [0.5, 0.6) is 11.6 Å². The topological polar surface area (TPSA) is 120 Å². The largest absolute Gasteiger partial charge is 0.490 e. The predicted molar refractivity (Wildman–Crippen MR) is 125 cm³/mol. The van der Waals surface area contributed by atoms with Gasteiger partial charge in [0, 0.05) is 0 Å². The molecule has 1 N–H and O–H groups in total. The molecular weight excluding hydrogens is 599 g/mol. The molecule has 0 radical (unpaired) electrons. The summed E-state index contributed by atoms with van der Waals surface area (Å²) in [7, 11) is -2.63. The Morgan fingerprint density at radius 2 is 1.77 bits per heavy atom. The number of alkyl halides is 3. The molecule has 0 saturated heterocycles. The lowest BCUT2D eigenvalue weighted by atomic mass is 10.3. The first-order chi connectivity index (χ1) is 16.3. The van der Waals surface area contributed by atoms with Crippen molar-refractivity contribution >= 4 is 60.8 Å². The molecule has 0 bridgehead atoms. The van der Waals surface area contributed by atoms with Gasteiger partial charge in [0.05, 0.1) is 31.8 Å². The predicted octanol–water partition coefficient (Wildman–Crippen LogP) is 5.67. The second-order valence-corrected chi connectivity index (χ2v) is 11.0. The molecule has 1 aromatic carbocycles. The van der Waals surface area contributed by atoms with Gasteiger partial charge in [-0.1, -0.05) is 18.2 Å². The zero-order valence-corrected chi connectivity index (χ0v) is 21.7. The molecule has 3 aromatic rings. The highest BCUT2D eigenvalue weighted by Gasteiger charge is 2.38. The van der Waals surface area contributed by atoms with Crippen molar-refractivity contribution in [2.24, 2.45) is 0 Å². The van der Waals surface area contributed by atoms with E-state index in [9.17, 15) is 26.4 Å². The third kappa shape index (κ3) is 7.43. The number of hydrogen-bond donors (Lipinski definition) is 1. The van der Waals surface area contributed by atoms with Gasteiger partial charge in [-0.2, -0.15) is 13.2 Å². The molecule has 0 fully saturated rings. The highest BCUT2D eigenvalue weighted by molar-refractivity contribution is 9.10. The van der Waals surface area contributed by atoms with E-state index in [0.717, 1.165) is 11.3 Å². The van der Waals surface area contributed by atoms with Crippen LogP contribution in [0.4, 0.5) is 13.2 Å². The fourth-order valence-electron chi connectivity index (χ4n) is 2.25. The second kappa shape index (κ2) is 11.9. The summed E-state index contributed by atoms with van der Waals surface area (Å²) in [5.41, 5.74) is 0. The standard InChI is InChI=1S/C18H14BrNO5S3.C2HF3O2/c1-24-17(21)14-9-15(18(26-2)27-14)28(22,23)12-8-13(19)16(20-10-12)25-11-6-4-3-5-7-11;3-2(4,5)1(6)7/h3-10H,1-2H3;(H,6,7). The number of pyridine rings is 1. The lowest BCUT2D eigenvalue weighted by Crippen LogP contribution is -2.21. The number of sulfone groups is 1. The van der Waals surface area contributed by atoms with Gasteiger partial charge in [-0.05, 0) is 46.5 Å². The maximum atomic E-state index is 13.1. The smallest absolute Gasteiger partial charge is 0.475 e. The summed E-state index contributed by atoms with van der Waals surface area (Å²) in [6.45, 7) is 0.